The van der Waals surface area contributed by atoms with E-state index in [1.54, 1.807) is 0 Å². The van der Waals surface area contributed by atoms with Crippen LogP contribution in [0.25, 0.3) is 0 Å². The van der Waals surface area contributed by atoms with Crippen LogP contribution in [0.15, 0.2) is 0 Å². The van der Waals surface area contributed by atoms with Crippen molar-refractivity contribution in [3.8, 4) is 0 Å². The number of hydrogen-bond acceptors (Lipinski definition) is 3. The second-order valence-corrected chi connectivity index (χ2v) is 4.81. The molecule has 0 bridgehead atoms. The zero-order chi connectivity index (χ0) is 12.0. The van der Waals surface area contributed by atoms with Gasteiger partial charge in [-0.05, 0) is 32.2 Å². The molecule has 1 aliphatic heterocycles. The predicted octanol–water partition coefficient (Wildman–Crippen LogP) is 2.00. The topological polar surface area (TPSA) is 38.5 Å². The van der Waals surface area contributed by atoms with E-state index >= 15 is 0 Å². The molecule has 1 fully saturated rings. The van der Waals surface area contributed by atoms with Crippen LogP contribution in [0.1, 0.15) is 46.5 Å². The standard InChI is InChI=1S/C13H28N2O/c1-4-13(5-2,11-14)15(6-3)10-12-8-7-9-16-12/h12H,4-11,14H2,1-3H3. The minimum absolute atomic E-state index is 0.181. The normalized spacial score (nSPS) is 21.9. The van der Waals surface area contributed by atoms with Crippen LogP contribution in [0.3, 0.4) is 0 Å². The molecule has 0 amide bonds. The quantitative estimate of drug-likeness (QED) is 0.724. The lowest BCUT2D eigenvalue weighted by Gasteiger charge is -2.43. The van der Waals surface area contributed by atoms with Crippen LogP contribution < -0.4 is 5.73 Å². The second-order valence-electron chi connectivity index (χ2n) is 4.81. The first-order valence-corrected chi connectivity index (χ1v) is 6.79. The highest BCUT2D eigenvalue weighted by molar-refractivity contribution is 4.90. The van der Waals surface area contributed by atoms with E-state index in [0.29, 0.717) is 6.10 Å². The van der Waals surface area contributed by atoms with Gasteiger partial charge in [-0.15, -0.1) is 0 Å². The highest BCUT2D eigenvalue weighted by atomic mass is 16.5. The van der Waals surface area contributed by atoms with Crippen molar-refractivity contribution in [1.82, 2.24) is 4.90 Å². The van der Waals surface area contributed by atoms with Gasteiger partial charge in [-0.1, -0.05) is 20.8 Å². The second kappa shape index (κ2) is 6.58. The van der Waals surface area contributed by atoms with Crippen molar-refractivity contribution in [3.63, 3.8) is 0 Å². The summed E-state index contributed by atoms with van der Waals surface area (Å²) in [5, 5.41) is 0. The lowest BCUT2D eigenvalue weighted by molar-refractivity contribution is 0.0201. The van der Waals surface area contributed by atoms with E-state index < -0.39 is 0 Å². The Bertz CT molecular complexity index is 178. The summed E-state index contributed by atoms with van der Waals surface area (Å²) in [5.74, 6) is 0. The van der Waals surface area contributed by atoms with Crippen LogP contribution in [-0.2, 0) is 4.74 Å². The maximum Gasteiger partial charge on any atom is 0.0703 e. The number of likely N-dealkylation sites (N-methyl/N-ethyl adjacent to an activating group) is 1. The molecular formula is C13H28N2O. The Balaban J connectivity index is 2.61. The summed E-state index contributed by atoms with van der Waals surface area (Å²) in [4.78, 5) is 2.53. The number of ether oxygens (including phenoxy) is 1. The van der Waals surface area contributed by atoms with Gasteiger partial charge in [0.15, 0.2) is 0 Å². The third-order valence-electron chi connectivity index (χ3n) is 4.20. The summed E-state index contributed by atoms with van der Waals surface area (Å²) < 4.78 is 5.73. The number of hydrogen-bond donors (Lipinski definition) is 1. The average molecular weight is 228 g/mol. The lowest BCUT2D eigenvalue weighted by atomic mass is 9.90. The third kappa shape index (κ3) is 2.96. The number of rotatable bonds is 7. The summed E-state index contributed by atoms with van der Waals surface area (Å²) in [7, 11) is 0. The van der Waals surface area contributed by atoms with Crippen molar-refractivity contribution < 1.29 is 4.74 Å². The Morgan fingerprint density at radius 2 is 2.00 bits per heavy atom. The molecule has 0 radical (unpaired) electrons. The summed E-state index contributed by atoms with van der Waals surface area (Å²) in [6, 6.07) is 0. The molecule has 0 spiro atoms. The fraction of sp³-hybridized carbons (Fsp3) is 1.00. The molecule has 1 heterocycles. The van der Waals surface area contributed by atoms with Crippen molar-refractivity contribution in [3.05, 3.63) is 0 Å². The van der Waals surface area contributed by atoms with Crippen LogP contribution in [-0.4, -0.2) is 42.8 Å². The molecular weight excluding hydrogens is 200 g/mol. The smallest absolute Gasteiger partial charge is 0.0703 e. The van der Waals surface area contributed by atoms with Crippen molar-refractivity contribution in [2.24, 2.45) is 5.73 Å². The van der Waals surface area contributed by atoms with Gasteiger partial charge >= 0.3 is 0 Å². The predicted molar refractivity (Wildman–Crippen MR) is 68.6 cm³/mol. The molecule has 16 heavy (non-hydrogen) atoms. The molecule has 0 saturated carbocycles. The first-order valence-electron chi connectivity index (χ1n) is 6.79. The molecule has 3 nitrogen and oxygen atoms in total. The van der Waals surface area contributed by atoms with E-state index in [-0.39, 0.29) is 5.54 Å². The van der Waals surface area contributed by atoms with Crippen LogP contribution in [0.2, 0.25) is 0 Å². The highest BCUT2D eigenvalue weighted by Gasteiger charge is 2.33. The van der Waals surface area contributed by atoms with Gasteiger partial charge in [0.2, 0.25) is 0 Å². The van der Waals surface area contributed by atoms with E-state index in [2.05, 4.69) is 25.7 Å². The molecule has 96 valence electrons. The van der Waals surface area contributed by atoms with Crippen LogP contribution >= 0.6 is 0 Å². The van der Waals surface area contributed by atoms with Crippen molar-refractivity contribution in [2.75, 3.05) is 26.2 Å². The molecule has 1 saturated heterocycles. The molecule has 0 aromatic heterocycles. The Morgan fingerprint density at radius 3 is 2.38 bits per heavy atom. The van der Waals surface area contributed by atoms with E-state index in [4.69, 9.17) is 10.5 Å². The number of nitrogens with zero attached hydrogens (tertiary/aromatic N) is 1. The minimum atomic E-state index is 0.181. The van der Waals surface area contributed by atoms with Gasteiger partial charge in [-0.3, -0.25) is 4.90 Å². The SMILES string of the molecule is CCN(CC1CCCO1)C(CC)(CC)CN. The summed E-state index contributed by atoms with van der Waals surface area (Å²) in [6.07, 6.45) is 5.12. The summed E-state index contributed by atoms with van der Waals surface area (Å²) in [6.45, 7) is 10.5. The van der Waals surface area contributed by atoms with E-state index in [1.807, 2.05) is 0 Å². The fourth-order valence-corrected chi connectivity index (χ4v) is 2.81. The molecule has 0 aromatic rings. The van der Waals surface area contributed by atoms with Gasteiger partial charge in [-0.2, -0.15) is 0 Å². The zero-order valence-corrected chi connectivity index (χ0v) is 11.2. The Kier molecular flexibility index (Phi) is 5.73. The van der Waals surface area contributed by atoms with Gasteiger partial charge in [0.25, 0.3) is 0 Å². The van der Waals surface area contributed by atoms with Gasteiger partial charge in [0.1, 0.15) is 0 Å². The van der Waals surface area contributed by atoms with Crippen molar-refractivity contribution in [1.29, 1.82) is 0 Å². The molecule has 1 aliphatic rings. The molecule has 3 heteroatoms. The monoisotopic (exact) mass is 228 g/mol. The van der Waals surface area contributed by atoms with E-state index in [0.717, 1.165) is 39.1 Å². The van der Waals surface area contributed by atoms with Crippen molar-refractivity contribution in [2.45, 2.75) is 58.1 Å². The maximum atomic E-state index is 6.00. The van der Waals surface area contributed by atoms with Crippen LogP contribution in [0, 0.1) is 0 Å². The molecule has 2 N–H and O–H groups in total. The molecule has 1 rings (SSSR count). The highest BCUT2D eigenvalue weighted by Crippen LogP contribution is 2.25. The van der Waals surface area contributed by atoms with Crippen molar-refractivity contribution >= 4 is 0 Å². The lowest BCUT2D eigenvalue weighted by Crippen LogP contribution is -2.55. The Labute approximate surface area is 100 Å². The van der Waals surface area contributed by atoms with Gasteiger partial charge in [0, 0.05) is 25.2 Å². The van der Waals surface area contributed by atoms with E-state index in [1.165, 1.54) is 12.8 Å². The van der Waals surface area contributed by atoms with Gasteiger partial charge in [0.05, 0.1) is 6.10 Å². The van der Waals surface area contributed by atoms with E-state index in [9.17, 15) is 0 Å². The average Bonchev–Trinajstić information content (AvgIpc) is 2.83. The first-order chi connectivity index (χ1) is 7.72. The summed E-state index contributed by atoms with van der Waals surface area (Å²) in [5.41, 5.74) is 6.18. The molecule has 0 aromatic carbocycles. The number of nitrogens with two attached hydrogens (primary N) is 1. The minimum Gasteiger partial charge on any atom is -0.377 e. The van der Waals surface area contributed by atoms with Gasteiger partial charge < -0.3 is 10.5 Å². The Hall–Kier alpha value is -0.120. The third-order valence-corrected chi connectivity index (χ3v) is 4.20. The fourth-order valence-electron chi connectivity index (χ4n) is 2.81. The summed E-state index contributed by atoms with van der Waals surface area (Å²) >= 11 is 0. The van der Waals surface area contributed by atoms with Crippen LogP contribution in [0.4, 0.5) is 0 Å². The van der Waals surface area contributed by atoms with Gasteiger partial charge in [-0.25, -0.2) is 0 Å². The zero-order valence-electron chi connectivity index (χ0n) is 11.2. The Morgan fingerprint density at radius 1 is 1.31 bits per heavy atom. The largest absolute Gasteiger partial charge is 0.377 e. The molecule has 1 atom stereocenters. The van der Waals surface area contributed by atoms with Crippen LogP contribution in [0.5, 0.6) is 0 Å². The maximum absolute atomic E-state index is 6.00. The first kappa shape index (κ1) is 13.9. The molecule has 1 unspecified atom stereocenters. The molecule has 0 aliphatic carbocycles.